The van der Waals surface area contributed by atoms with E-state index in [0.29, 0.717) is 6.04 Å². The van der Waals surface area contributed by atoms with Crippen molar-refractivity contribution in [1.29, 1.82) is 0 Å². The molecule has 0 bridgehead atoms. The highest BCUT2D eigenvalue weighted by atomic mass is 32.2. The molecule has 1 amide bonds. The minimum absolute atomic E-state index is 0.0983. The smallest absolute Gasteiger partial charge is 0.233 e. The number of anilines is 2. The molecule has 2 N–H and O–H groups in total. The normalized spacial score (nSPS) is 16.3. The zero-order valence-corrected chi connectivity index (χ0v) is 17.2. The second-order valence-corrected chi connectivity index (χ2v) is 9.41. The van der Waals surface area contributed by atoms with Crippen LogP contribution in [0.25, 0.3) is 0 Å². The van der Waals surface area contributed by atoms with Crippen LogP contribution in [0.4, 0.5) is 10.8 Å². The lowest BCUT2D eigenvalue weighted by Gasteiger charge is -2.24. The van der Waals surface area contributed by atoms with E-state index in [2.05, 4.69) is 40.7 Å². The number of carbonyl (C=O) groups excluding carboxylic acids is 1. The Morgan fingerprint density at radius 2 is 2.00 bits per heavy atom. The van der Waals surface area contributed by atoms with Crippen LogP contribution < -0.4 is 10.6 Å². The minimum Gasteiger partial charge on any atom is -0.352 e. The fraction of sp³-hybridized carbons (Fsp3) is 0.526. The number of aryl methyl sites for hydroxylation is 1. The van der Waals surface area contributed by atoms with Gasteiger partial charge in [-0.15, -0.1) is 10.2 Å². The molecule has 26 heavy (non-hydrogen) atoms. The first kappa shape index (κ1) is 19.2. The summed E-state index contributed by atoms with van der Waals surface area (Å²) in [6, 6.07) is 6.50. The molecule has 3 rings (SSSR count). The van der Waals surface area contributed by atoms with E-state index in [4.69, 9.17) is 0 Å². The quantitative estimate of drug-likeness (QED) is 0.692. The maximum Gasteiger partial charge on any atom is 0.233 e. The van der Waals surface area contributed by atoms with Crippen molar-refractivity contribution in [3.8, 4) is 0 Å². The molecule has 140 valence electrons. The predicted molar refractivity (Wildman–Crippen MR) is 109 cm³/mol. The maximum absolute atomic E-state index is 12.4. The van der Waals surface area contributed by atoms with Crippen molar-refractivity contribution >= 4 is 39.8 Å². The Balaban J connectivity index is 1.55. The van der Waals surface area contributed by atoms with Gasteiger partial charge in [0.15, 0.2) is 4.34 Å². The van der Waals surface area contributed by atoms with Crippen molar-refractivity contribution in [2.45, 2.75) is 68.5 Å². The van der Waals surface area contributed by atoms with Crippen LogP contribution in [0.5, 0.6) is 0 Å². The molecule has 0 saturated heterocycles. The third kappa shape index (κ3) is 4.98. The summed E-state index contributed by atoms with van der Waals surface area (Å²) in [7, 11) is 0. The number of hydrogen-bond acceptors (Lipinski definition) is 6. The van der Waals surface area contributed by atoms with E-state index in [0.717, 1.165) is 28.0 Å². The monoisotopic (exact) mass is 390 g/mol. The van der Waals surface area contributed by atoms with Crippen LogP contribution in [0, 0.1) is 13.8 Å². The molecule has 0 spiro atoms. The number of nitrogens with one attached hydrogen (secondary N) is 2. The second-order valence-electron chi connectivity index (χ2n) is 6.85. The van der Waals surface area contributed by atoms with Crippen molar-refractivity contribution in [2.75, 3.05) is 5.32 Å². The molecule has 1 aliphatic carbocycles. The van der Waals surface area contributed by atoms with Gasteiger partial charge in [0.25, 0.3) is 0 Å². The lowest BCUT2D eigenvalue weighted by molar-refractivity contribution is -0.121. The lowest BCUT2D eigenvalue weighted by Crippen LogP contribution is -2.40. The van der Waals surface area contributed by atoms with Crippen LogP contribution in [-0.4, -0.2) is 27.4 Å². The highest BCUT2D eigenvalue weighted by Crippen LogP contribution is 2.31. The molecule has 1 aliphatic rings. The molecule has 2 aromatic rings. The van der Waals surface area contributed by atoms with E-state index in [1.54, 1.807) is 0 Å². The number of benzene rings is 1. The molecular formula is C19H26N4OS2. The molecule has 0 radical (unpaired) electrons. The van der Waals surface area contributed by atoms with Crippen LogP contribution in [0.1, 0.15) is 50.2 Å². The van der Waals surface area contributed by atoms with Crippen molar-refractivity contribution < 1.29 is 4.79 Å². The molecule has 1 atom stereocenters. The zero-order chi connectivity index (χ0) is 18.5. The highest BCUT2D eigenvalue weighted by molar-refractivity contribution is 8.02. The van der Waals surface area contributed by atoms with Gasteiger partial charge in [-0.25, -0.2) is 0 Å². The number of hydrogen-bond donors (Lipinski definition) is 2. The van der Waals surface area contributed by atoms with Gasteiger partial charge in [-0.3, -0.25) is 4.79 Å². The van der Waals surface area contributed by atoms with Gasteiger partial charge in [-0.2, -0.15) is 0 Å². The third-order valence-electron chi connectivity index (χ3n) is 4.85. The molecule has 1 aromatic heterocycles. The summed E-state index contributed by atoms with van der Waals surface area (Å²) < 4.78 is 0.809. The van der Waals surface area contributed by atoms with Gasteiger partial charge in [-0.05, 0) is 50.8 Å². The summed E-state index contributed by atoms with van der Waals surface area (Å²) in [4.78, 5) is 12.4. The molecule has 1 aromatic carbocycles. The van der Waals surface area contributed by atoms with Gasteiger partial charge in [-0.1, -0.05) is 54.5 Å². The summed E-state index contributed by atoms with van der Waals surface area (Å²) in [5, 5.41) is 15.5. The molecule has 7 heteroatoms. The van der Waals surface area contributed by atoms with Gasteiger partial charge in [0, 0.05) is 11.7 Å². The number of aromatic nitrogens is 2. The Morgan fingerprint density at radius 1 is 1.23 bits per heavy atom. The van der Waals surface area contributed by atoms with Crippen molar-refractivity contribution in [2.24, 2.45) is 0 Å². The van der Waals surface area contributed by atoms with Crippen LogP contribution in [0.2, 0.25) is 0 Å². The number of nitrogens with zero attached hydrogens (tertiary/aromatic N) is 2. The second kappa shape index (κ2) is 8.86. The number of amides is 1. The van der Waals surface area contributed by atoms with Crippen molar-refractivity contribution in [3.05, 3.63) is 29.3 Å². The number of thioether (sulfide) groups is 1. The van der Waals surface area contributed by atoms with E-state index >= 15 is 0 Å². The van der Waals surface area contributed by atoms with E-state index in [1.807, 2.05) is 19.1 Å². The first-order chi connectivity index (χ1) is 12.5. The van der Waals surface area contributed by atoms with Gasteiger partial charge in [0.1, 0.15) is 0 Å². The van der Waals surface area contributed by atoms with Crippen LogP contribution in [-0.2, 0) is 4.79 Å². The first-order valence-electron chi connectivity index (χ1n) is 9.16. The largest absolute Gasteiger partial charge is 0.352 e. The Labute approximate surface area is 163 Å². The Hall–Kier alpha value is -1.60. The number of carbonyl (C=O) groups is 1. The molecule has 5 nitrogen and oxygen atoms in total. The zero-order valence-electron chi connectivity index (χ0n) is 15.5. The van der Waals surface area contributed by atoms with E-state index in [9.17, 15) is 4.79 Å². The number of rotatable bonds is 6. The molecule has 1 fully saturated rings. The van der Waals surface area contributed by atoms with Crippen LogP contribution in [0.3, 0.4) is 0 Å². The Bertz CT molecular complexity index is 756. The van der Waals surface area contributed by atoms with E-state index in [1.165, 1.54) is 53.5 Å². The van der Waals surface area contributed by atoms with Gasteiger partial charge in [0.2, 0.25) is 11.0 Å². The third-order valence-corrected chi connectivity index (χ3v) is 6.87. The molecule has 1 saturated carbocycles. The molecule has 0 unspecified atom stereocenters. The van der Waals surface area contributed by atoms with E-state index < -0.39 is 0 Å². The van der Waals surface area contributed by atoms with Gasteiger partial charge in [0.05, 0.1) is 5.25 Å². The summed E-state index contributed by atoms with van der Waals surface area (Å²) in [6.07, 6.45) is 5.93. The standard InChI is InChI=1S/C19H26N4OS2/c1-12-8-7-11-16(13(12)2)21-18-22-23-19(26-18)25-14(3)17(24)20-15-9-5-4-6-10-15/h7-8,11,14-15H,4-6,9-10H2,1-3H3,(H,20,24)(H,21,22)/t14-/m1/s1. The summed E-state index contributed by atoms with van der Waals surface area (Å²) >= 11 is 2.96. The average Bonchev–Trinajstić information content (AvgIpc) is 3.07. The maximum atomic E-state index is 12.4. The van der Waals surface area contributed by atoms with Crippen LogP contribution in [0.15, 0.2) is 22.5 Å². The predicted octanol–water partition coefficient (Wildman–Crippen LogP) is 4.83. The Kier molecular flexibility index (Phi) is 6.53. The molecule has 1 heterocycles. The summed E-state index contributed by atoms with van der Waals surface area (Å²) in [5.74, 6) is 0.0983. The topological polar surface area (TPSA) is 66.9 Å². The molecule has 0 aliphatic heterocycles. The fourth-order valence-corrected chi connectivity index (χ4v) is 5.00. The van der Waals surface area contributed by atoms with Gasteiger partial charge < -0.3 is 10.6 Å². The molecular weight excluding hydrogens is 364 g/mol. The summed E-state index contributed by atoms with van der Waals surface area (Å²) in [6.45, 7) is 6.11. The lowest BCUT2D eigenvalue weighted by atomic mass is 9.95. The Morgan fingerprint density at radius 3 is 2.77 bits per heavy atom. The van der Waals surface area contributed by atoms with Crippen molar-refractivity contribution in [1.82, 2.24) is 15.5 Å². The van der Waals surface area contributed by atoms with Crippen molar-refractivity contribution in [3.63, 3.8) is 0 Å². The first-order valence-corrected chi connectivity index (χ1v) is 10.9. The summed E-state index contributed by atoms with van der Waals surface area (Å²) in [5.41, 5.74) is 3.49. The SMILES string of the molecule is Cc1cccc(Nc2nnc(S[C@H](C)C(=O)NC3CCCCC3)s2)c1C. The van der Waals surface area contributed by atoms with Crippen LogP contribution >= 0.6 is 23.1 Å². The van der Waals surface area contributed by atoms with Gasteiger partial charge >= 0.3 is 0 Å². The minimum atomic E-state index is -0.168. The fourth-order valence-electron chi connectivity index (χ4n) is 3.08. The highest BCUT2D eigenvalue weighted by Gasteiger charge is 2.21. The van der Waals surface area contributed by atoms with E-state index in [-0.39, 0.29) is 11.2 Å². The average molecular weight is 391 g/mol.